The summed E-state index contributed by atoms with van der Waals surface area (Å²) in [6, 6.07) is 10.0. The molecule has 3 heteroatoms. The fraction of sp³-hybridized carbons (Fsp3) is 0.158. The summed E-state index contributed by atoms with van der Waals surface area (Å²) in [6.07, 6.45) is 7.18. The summed E-state index contributed by atoms with van der Waals surface area (Å²) in [5, 5.41) is 17.9. The number of aryl methyl sites for hydroxylation is 2. The first-order valence-electron chi connectivity index (χ1n) is 6.91. The highest BCUT2D eigenvalue weighted by molar-refractivity contribution is 5.57. The second-order valence-corrected chi connectivity index (χ2v) is 5.13. The van der Waals surface area contributed by atoms with Gasteiger partial charge in [-0.15, -0.1) is 0 Å². The van der Waals surface area contributed by atoms with E-state index in [1.165, 1.54) is 11.1 Å². The van der Waals surface area contributed by atoms with E-state index >= 15 is 0 Å². The summed E-state index contributed by atoms with van der Waals surface area (Å²) in [5.41, 5.74) is 4.22. The first kappa shape index (κ1) is 15.4. The van der Waals surface area contributed by atoms with Gasteiger partial charge in [-0.3, -0.25) is 0 Å². The molecule has 3 nitrogen and oxygen atoms in total. The van der Waals surface area contributed by atoms with Crippen molar-refractivity contribution in [1.29, 1.82) is 10.5 Å². The zero-order valence-corrected chi connectivity index (χ0v) is 12.8. The lowest BCUT2D eigenvalue weighted by Gasteiger charge is -2.13. The molecule has 22 heavy (non-hydrogen) atoms. The van der Waals surface area contributed by atoms with Gasteiger partial charge in [0, 0.05) is 5.57 Å². The summed E-state index contributed by atoms with van der Waals surface area (Å²) in [5.74, 6) is 1.26. The first-order chi connectivity index (χ1) is 10.5. The van der Waals surface area contributed by atoms with E-state index < -0.39 is 0 Å². The highest BCUT2D eigenvalue weighted by atomic mass is 16.5. The molecule has 1 aromatic rings. The maximum Gasteiger partial charge on any atom is 0.137 e. The molecule has 0 saturated heterocycles. The summed E-state index contributed by atoms with van der Waals surface area (Å²) >= 11 is 0. The van der Waals surface area contributed by atoms with Crippen LogP contribution in [0.1, 0.15) is 23.6 Å². The van der Waals surface area contributed by atoms with Crippen molar-refractivity contribution < 1.29 is 4.74 Å². The van der Waals surface area contributed by atoms with Crippen LogP contribution in [-0.4, -0.2) is 0 Å². The lowest BCUT2D eigenvalue weighted by atomic mass is 10.0. The molecule has 0 aromatic heterocycles. The smallest absolute Gasteiger partial charge is 0.137 e. The van der Waals surface area contributed by atoms with Crippen LogP contribution in [0.15, 0.2) is 59.1 Å². The van der Waals surface area contributed by atoms with E-state index in [4.69, 9.17) is 15.3 Å². The summed E-state index contributed by atoms with van der Waals surface area (Å²) < 4.78 is 5.61. The van der Waals surface area contributed by atoms with Crippen molar-refractivity contribution in [3.8, 4) is 12.1 Å². The molecule has 0 bridgehead atoms. The minimum absolute atomic E-state index is 0.0831. The molecule has 1 aliphatic rings. The van der Waals surface area contributed by atoms with Gasteiger partial charge in [0.05, 0.1) is 0 Å². The number of benzene rings is 1. The molecule has 0 radical (unpaired) electrons. The molecule has 1 heterocycles. The molecule has 0 N–H and O–H groups in total. The Morgan fingerprint density at radius 1 is 1.00 bits per heavy atom. The number of hydrogen-bond donors (Lipinski definition) is 0. The Bertz CT molecular complexity index is 793. The van der Waals surface area contributed by atoms with E-state index in [0.29, 0.717) is 17.1 Å². The Morgan fingerprint density at radius 3 is 2.36 bits per heavy atom. The third-order valence-corrected chi connectivity index (χ3v) is 3.42. The highest BCUT2D eigenvalue weighted by Gasteiger charge is 2.10. The largest absolute Gasteiger partial charge is 0.462 e. The van der Waals surface area contributed by atoms with E-state index in [-0.39, 0.29) is 5.57 Å². The normalized spacial score (nSPS) is 13.8. The van der Waals surface area contributed by atoms with Crippen molar-refractivity contribution in [2.24, 2.45) is 0 Å². The standard InChI is InChI=1S/C19H16N2O/c1-13-4-5-16(8-14(13)2)6-7-19-10-17(9-15(3)22-19)18(11-20)12-21/h4-10H,1-3H3/b7-6+. The van der Waals surface area contributed by atoms with Crippen LogP contribution >= 0.6 is 0 Å². The monoisotopic (exact) mass is 288 g/mol. The van der Waals surface area contributed by atoms with Crippen molar-refractivity contribution in [2.75, 3.05) is 0 Å². The fourth-order valence-corrected chi connectivity index (χ4v) is 2.09. The van der Waals surface area contributed by atoms with Gasteiger partial charge in [-0.05, 0) is 55.7 Å². The molecule has 1 aromatic carbocycles. The Kier molecular flexibility index (Phi) is 4.61. The molecular weight excluding hydrogens is 272 g/mol. The lowest BCUT2D eigenvalue weighted by Crippen LogP contribution is -1.97. The number of nitriles is 2. The fourth-order valence-electron chi connectivity index (χ4n) is 2.09. The summed E-state index contributed by atoms with van der Waals surface area (Å²) in [4.78, 5) is 0. The zero-order valence-electron chi connectivity index (χ0n) is 12.8. The van der Waals surface area contributed by atoms with Crippen molar-refractivity contribution in [1.82, 2.24) is 0 Å². The number of rotatable bonds is 2. The van der Waals surface area contributed by atoms with Gasteiger partial charge in [0.25, 0.3) is 0 Å². The molecule has 1 aliphatic heterocycles. The zero-order chi connectivity index (χ0) is 16.1. The average Bonchev–Trinajstić information content (AvgIpc) is 2.49. The van der Waals surface area contributed by atoms with Crippen LogP contribution in [0.4, 0.5) is 0 Å². The molecule has 0 atom stereocenters. The van der Waals surface area contributed by atoms with Gasteiger partial charge >= 0.3 is 0 Å². The average molecular weight is 288 g/mol. The summed E-state index contributed by atoms with van der Waals surface area (Å²) in [7, 11) is 0. The third kappa shape index (κ3) is 3.53. The Balaban J connectivity index is 2.31. The molecule has 0 saturated carbocycles. The predicted octanol–water partition coefficient (Wildman–Crippen LogP) is 4.48. The van der Waals surface area contributed by atoms with Crippen molar-refractivity contribution in [2.45, 2.75) is 20.8 Å². The second-order valence-electron chi connectivity index (χ2n) is 5.13. The molecule has 2 rings (SSSR count). The third-order valence-electron chi connectivity index (χ3n) is 3.42. The Hall–Kier alpha value is -3.04. The molecule has 0 aliphatic carbocycles. The minimum Gasteiger partial charge on any atom is -0.462 e. The molecular formula is C19H16N2O. The molecule has 108 valence electrons. The van der Waals surface area contributed by atoms with Crippen LogP contribution in [0.25, 0.3) is 6.08 Å². The van der Waals surface area contributed by atoms with Crippen LogP contribution in [0.3, 0.4) is 0 Å². The van der Waals surface area contributed by atoms with E-state index in [1.54, 1.807) is 19.1 Å². The molecule has 0 unspecified atom stereocenters. The quantitative estimate of drug-likeness (QED) is 0.754. The summed E-state index contributed by atoms with van der Waals surface area (Å²) in [6.45, 7) is 5.94. The van der Waals surface area contributed by atoms with Crippen LogP contribution in [0, 0.1) is 36.5 Å². The Morgan fingerprint density at radius 2 is 1.73 bits per heavy atom. The first-order valence-corrected chi connectivity index (χ1v) is 6.91. The minimum atomic E-state index is 0.0831. The van der Waals surface area contributed by atoms with Gasteiger partial charge in [-0.25, -0.2) is 0 Å². The molecule has 0 spiro atoms. The van der Waals surface area contributed by atoms with Gasteiger partial charge in [-0.2, -0.15) is 10.5 Å². The number of hydrogen-bond acceptors (Lipinski definition) is 3. The van der Waals surface area contributed by atoms with E-state index in [9.17, 15) is 0 Å². The van der Waals surface area contributed by atoms with Gasteiger partial charge in [0.1, 0.15) is 29.2 Å². The number of nitrogens with zero attached hydrogens (tertiary/aromatic N) is 2. The van der Waals surface area contributed by atoms with E-state index in [0.717, 1.165) is 5.56 Å². The van der Waals surface area contributed by atoms with Crippen LogP contribution in [0.5, 0.6) is 0 Å². The topological polar surface area (TPSA) is 56.8 Å². The van der Waals surface area contributed by atoms with Crippen molar-refractivity contribution in [3.05, 3.63) is 75.8 Å². The van der Waals surface area contributed by atoms with Gasteiger partial charge in [0.2, 0.25) is 0 Å². The van der Waals surface area contributed by atoms with E-state index in [1.807, 2.05) is 30.4 Å². The van der Waals surface area contributed by atoms with Crippen LogP contribution in [-0.2, 0) is 4.74 Å². The lowest BCUT2D eigenvalue weighted by molar-refractivity contribution is 0.318. The van der Waals surface area contributed by atoms with Crippen molar-refractivity contribution in [3.63, 3.8) is 0 Å². The van der Waals surface area contributed by atoms with Gasteiger partial charge < -0.3 is 4.74 Å². The number of allylic oxidation sites excluding steroid dienone is 6. The maximum atomic E-state index is 8.97. The second kappa shape index (κ2) is 6.61. The van der Waals surface area contributed by atoms with E-state index in [2.05, 4.69) is 26.0 Å². The number of ether oxygens (including phenoxy) is 1. The van der Waals surface area contributed by atoms with Gasteiger partial charge in [0.15, 0.2) is 0 Å². The molecule has 0 fully saturated rings. The maximum absolute atomic E-state index is 8.97. The molecule has 0 amide bonds. The highest BCUT2D eigenvalue weighted by Crippen LogP contribution is 2.23. The van der Waals surface area contributed by atoms with Crippen molar-refractivity contribution >= 4 is 6.08 Å². The van der Waals surface area contributed by atoms with Crippen LogP contribution < -0.4 is 0 Å². The Labute approximate surface area is 130 Å². The van der Waals surface area contributed by atoms with Crippen LogP contribution in [0.2, 0.25) is 0 Å². The SMILES string of the molecule is CC1=CC(=C(C#N)C#N)C=C(/C=C/c2ccc(C)c(C)c2)O1. The van der Waals surface area contributed by atoms with Gasteiger partial charge in [-0.1, -0.05) is 24.3 Å². The predicted molar refractivity (Wildman–Crippen MR) is 86.1 cm³/mol.